The van der Waals surface area contributed by atoms with E-state index in [2.05, 4.69) is 5.32 Å². The van der Waals surface area contributed by atoms with Gasteiger partial charge < -0.3 is 5.32 Å². The van der Waals surface area contributed by atoms with E-state index >= 15 is 0 Å². The molecule has 1 aliphatic rings. The Hall–Kier alpha value is -0.980. The smallest absolute Gasteiger partial charge is 0.214 e. The van der Waals surface area contributed by atoms with Crippen LogP contribution >= 0.6 is 0 Å². The molecule has 0 amide bonds. The minimum Gasteiger partial charge on any atom is -0.317 e. The van der Waals surface area contributed by atoms with Gasteiger partial charge in [-0.3, -0.25) is 0 Å². The van der Waals surface area contributed by atoms with Crippen molar-refractivity contribution < 1.29 is 12.8 Å². The molecule has 6 heteroatoms. The molecule has 0 bridgehead atoms. The van der Waals surface area contributed by atoms with Crippen molar-refractivity contribution in [3.05, 3.63) is 35.6 Å². The van der Waals surface area contributed by atoms with Crippen LogP contribution in [-0.2, 0) is 16.6 Å². The van der Waals surface area contributed by atoms with E-state index in [0.717, 1.165) is 25.9 Å². The molecule has 4 nitrogen and oxygen atoms in total. The molecule has 0 radical (unpaired) electrons. The summed E-state index contributed by atoms with van der Waals surface area (Å²) in [6, 6.07) is 6.06. The molecule has 1 fully saturated rings. The van der Waals surface area contributed by atoms with Crippen LogP contribution in [0.25, 0.3) is 0 Å². The van der Waals surface area contributed by atoms with Crippen molar-refractivity contribution in [1.29, 1.82) is 0 Å². The molecule has 0 atom stereocenters. The summed E-state index contributed by atoms with van der Waals surface area (Å²) in [6.45, 7) is 1.98. The zero-order valence-corrected chi connectivity index (χ0v) is 12.5. The standard InChI is InChI=1S/C14H21FN2O2S/c1-17(10-13-3-2-4-14(15)9-13)20(18,19)11-12-5-7-16-8-6-12/h2-4,9,12,16H,5-8,10-11H2,1H3. The van der Waals surface area contributed by atoms with Crippen molar-refractivity contribution in [3.63, 3.8) is 0 Å². The first-order chi connectivity index (χ1) is 9.47. The number of benzene rings is 1. The highest BCUT2D eigenvalue weighted by Crippen LogP contribution is 2.17. The maximum absolute atomic E-state index is 13.1. The molecule has 0 aliphatic carbocycles. The second-order valence-corrected chi connectivity index (χ2v) is 7.48. The van der Waals surface area contributed by atoms with Gasteiger partial charge in [-0.2, -0.15) is 0 Å². The molecule has 1 aromatic carbocycles. The van der Waals surface area contributed by atoms with Gasteiger partial charge in [-0.25, -0.2) is 17.1 Å². The molecule has 1 N–H and O–H groups in total. The van der Waals surface area contributed by atoms with Crippen molar-refractivity contribution in [2.45, 2.75) is 19.4 Å². The summed E-state index contributed by atoms with van der Waals surface area (Å²) in [5, 5.41) is 3.23. The van der Waals surface area contributed by atoms with Crippen molar-refractivity contribution in [3.8, 4) is 0 Å². The monoisotopic (exact) mass is 300 g/mol. The molecule has 0 aromatic heterocycles. The minimum atomic E-state index is -3.29. The largest absolute Gasteiger partial charge is 0.317 e. The first-order valence-corrected chi connectivity index (χ1v) is 8.47. The predicted molar refractivity (Wildman–Crippen MR) is 77.2 cm³/mol. The molecule has 1 saturated heterocycles. The van der Waals surface area contributed by atoms with Crippen LogP contribution in [0.2, 0.25) is 0 Å². The van der Waals surface area contributed by atoms with Gasteiger partial charge in [-0.15, -0.1) is 0 Å². The Morgan fingerprint density at radius 3 is 2.70 bits per heavy atom. The third-order valence-corrected chi connectivity index (χ3v) is 5.65. The van der Waals surface area contributed by atoms with Gasteiger partial charge in [0.2, 0.25) is 10.0 Å². The number of halogens is 1. The number of hydrogen-bond donors (Lipinski definition) is 1. The fourth-order valence-corrected chi connectivity index (χ4v) is 3.99. The Balaban J connectivity index is 1.97. The summed E-state index contributed by atoms with van der Waals surface area (Å²) in [4.78, 5) is 0. The number of piperidine rings is 1. The predicted octanol–water partition coefficient (Wildman–Crippen LogP) is 1.59. The van der Waals surface area contributed by atoms with Crippen LogP contribution in [0, 0.1) is 11.7 Å². The summed E-state index contributed by atoms with van der Waals surface area (Å²) >= 11 is 0. The van der Waals surface area contributed by atoms with Crippen molar-refractivity contribution in [2.75, 3.05) is 25.9 Å². The third kappa shape index (κ3) is 4.26. The molecule has 0 saturated carbocycles. The molecule has 112 valence electrons. The quantitative estimate of drug-likeness (QED) is 0.898. The summed E-state index contributed by atoms with van der Waals surface area (Å²) in [7, 11) is -1.73. The van der Waals surface area contributed by atoms with E-state index < -0.39 is 10.0 Å². The Labute approximate surface area is 120 Å². The van der Waals surface area contributed by atoms with Crippen molar-refractivity contribution >= 4 is 10.0 Å². The summed E-state index contributed by atoms with van der Waals surface area (Å²) in [6.07, 6.45) is 1.79. The lowest BCUT2D eigenvalue weighted by molar-refractivity contribution is 0.388. The third-order valence-electron chi connectivity index (χ3n) is 3.67. The average Bonchev–Trinajstić information content (AvgIpc) is 2.39. The maximum Gasteiger partial charge on any atom is 0.214 e. The van der Waals surface area contributed by atoms with E-state index in [-0.39, 0.29) is 24.0 Å². The SMILES string of the molecule is CN(Cc1cccc(F)c1)S(=O)(=O)CC1CCNCC1. The van der Waals surface area contributed by atoms with Gasteiger partial charge in [0, 0.05) is 13.6 Å². The van der Waals surface area contributed by atoms with Gasteiger partial charge in [0.15, 0.2) is 0 Å². The van der Waals surface area contributed by atoms with Crippen LogP contribution in [0.15, 0.2) is 24.3 Å². The normalized spacial score (nSPS) is 17.6. The molecular weight excluding hydrogens is 279 g/mol. The number of nitrogens with zero attached hydrogens (tertiary/aromatic N) is 1. The van der Waals surface area contributed by atoms with Gasteiger partial charge in [0.05, 0.1) is 5.75 Å². The number of hydrogen-bond acceptors (Lipinski definition) is 3. The van der Waals surface area contributed by atoms with E-state index in [9.17, 15) is 12.8 Å². The molecule has 1 aliphatic heterocycles. The minimum absolute atomic E-state index is 0.181. The van der Waals surface area contributed by atoms with E-state index in [4.69, 9.17) is 0 Å². The molecule has 0 unspecified atom stereocenters. The molecule has 2 rings (SSSR count). The van der Waals surface area contributed by atoms with Gasteiger partial charge in [0.25, 0.3) is 0 Å². The van der Waals surface area contributed by atoms with E-state index in [1.54, 1.807) is 19.2 Å². The average molecular weight is 300 g/mol. The first kappa shape index (κ1) is 15.4. The van der Waals surface area contributed by atoms with Gasteiger partial charge in [-0.1, -0.05) is 12.1 Å². The topological polar surface area (TPSA) is 49.4 Å². The van der Waals surface area contributed by atoms with E-state index in [1.165, 1.54) is 16.4 Å². The second-order valence-electron chi connectivity index (χ2n) is 5.36. The summed E-state index contributed by atoms with van der Waals surface area (Å²) in [5.74, 6) is 0.0587. The fourth-order valence-electron chi connectivity index (χ4n) is 2.46. The number of rotatable bonds is 5. The lowest BCUT2D eigenvalue weighted by Gasteiger charge is -2.25. The highest BCUT2D eigenvalue weighted by atomic mass is 32.2. The highest BCUT2D eigenvalue weighted by Gasteiger charge is 2.24. The Bertz CT molecular complexity index is 542. The highest BCUT2D eigenvalue weighted by molar-refractivity contribution is 7.89. The Morgan fingerprint density at radius 1 is 1.35 bits per heavy atom. The summed E-state index contributed by atoms with van der Waals surface area (Å²) < 4.78 is 39.0. The molecule has 1 heterocycles. The maximum atomic E-state index is 13.1. The lowest BCUT2D eigenvalue weighted by Crippen LogP contribution is -2.36. The van der Waals surface area contributed by atoms with Gasteiger partial charge in [-0.05, 0) is 49.5 Å². The second kappa shape index (κ2) is 6.65. The first-order valence-electron chi connectivity index (χ1n) is 6.86. The van der Waals surface area contributed by atoms with Crippen molar-refractivity contribution in [2.24, 2.45) is 5.92 Å². The van der Waals surface area contributed by atoms with Crippen LogP contribution in [0.3, 0.4) is 0 Å². The fraction of sp³-hybridized carbons (Fsp3) is 0.571. The van der Waals surface area contributed by atoms with Crippen molar-refractivity contribution in [1.82, 2.24) is 9.62 Å². The molecule has 1 aromatic rings. The number of sulfonamides is 1. The van der Waals surface area contributed by atoms with Crippen LogP contribution in [0.1, 0.15) is 18.4 Å². The van der Waals surface area contributed by atoms with E-state index in [1.807, 2.05) is 0 Å². The van der Waals surface area contributed by atoms with E-state index in [0.29, 0.717) is 5.56 Å². The summed E-state index contributed by atoms with van der Waals surface area (Å²) in [5.41, 5.74) is 0.668. The number of nitrogens with one attached hydrogen (secondary N) is 1. The van der Waals surface area contributed by atoms with Gasteiger partial charge in [0.1, 0.15) is 5.82 Å². The zero-order chi connectivity index (χ0) is 14.6. The lowest BCUT2D eigenvalue weighted by atomic mass is 10.0. The van der Waals surface area contributed by atoms with Crippen LogP contribution in [0.4, 0.5) is 4.39 Å². The molecule has 0 spiro atoms. The molecule has 20 heavy (non-hydrogen) atoms. The Morgan fingerprint density at radius 2 is 2.05 bits per heavy atom. The van der Waals surface area contributed by atoms with Crippen LogP contribution in [-0.4, -0.2) is 38.6 Å². The van der Waals surface area contributed by atoms with Gasteiger partial charge >= 0.3 is 0 Å². The van der Waals surface area contributed by atoms with Crippen LogP contribution < -0.4 is 5.32 Å². The van der Waals surface area contributed by atoms with Crippen LogP contribution in [0.5, 0.6) is 0 Å². The zero-order valence-electron chi connectivity index (χ0n) is 11.7. The molecular formula is C14H21FN2O2S. The Kier molecular flexibility index (Phi) is 5.12.